The Kier molecular flexibility index (Phi) is 5.85. The van der Waals surface area contributed by atoms with E-state index in [1.807, 2.05) is 12.1 Å². The Morgan fingerprint density at radius 2 is 2.19 bits per heavy atom. The molecule has 21 heavy (non-hydrogen) atoms. The van der Waals surface area contributed by atoms with Gasteiger partial charge in [-0.15, -0.1) is 0 Å². The summed E-state index contributed by atoms with van der Waals surface area (Å²) >= 11 is 0. The minimum absolute atomic E-state index is 0.312. The molecule has 0 spiro atoms. The second-order valence-corrected chi connectivity index (χ2v) is 5.90. The van der Waals surface area contributed by atoms with Crippen LogP contribution in [0.25, 0.3) is 0 Å². The molecule has 0 radical (unpaired) electrons. The van der Waals surface area contributed by atoms with Crippen molar-refractivity contribution in [3.05, 3.63) is 23.3 Å². The molecular weight excluding hydrogens is 268 g/mol. The maximum Gasteiger partial charge on any atom is 0.189 e. The first-order valence-electron chi connectivity index (χ1n) is 7.43. The summed E-state index contributed by atoms with van der Waals surface area (Å²) in [5, 5.41) is 0. The lowest BCUT2D eigenvalue weighted by Crippen LogP contribution is -2.31. The second kappa shape index (κ2) is 7.64. The number of rotatable bonds is 7. The number of nitrogens with zero attached hydrogens (tertiary/aromatic N) is 1. The molecule has 0 fully saturated rings. The van der Waals surface area contributed by atoms with Gasteiger partial charge < -0.3 is 19.9 Å². The van der Waals surface area contributed by atoms with Gasteiger partial charge >= 0.3 is 0 Å². The van der Waals surface area contributed by atoms with Crippen LogP contribution < -0.4 is 10.5 Å². The first-order valence-corrected chi connectivity index (χ1v) is 7.43. The van der Waals surface area contributed by atoms with Crippen LogP contribution in [-0.2, 0) is 22.6 Å². The van der Waals surface area contributed by atoms with Crippen molar-refractivity contribution in [1.29, 1.82) is 0 Å². The Morgan fingerprint density at radius 1 is 1.38 bits per heavy atom. The van der Waals surface area contributed by atoms with Crippen molar-refractivity contribution >= 4 is 5.69 Å². The third kappa shape index (κ3) is 4.59. The first kappa shape index (κ1) is 16.1. The fourth-order valence-corrected chi connectivity index (χ4v) is 2.66. The fraction of sp³-hybridized carbons (Fsp3) is 0.625. The predicted octanol–water partition coefficient (Wildman–Crippen LogP) is 2.24. The lowest BCUT2D eigenvalue weighted by molar-refractivity contribution is -0.0175. The number of nitrogen functional groups attached to an aromatic ring is 1. The zero-order valence-corrected chi connectivity index (χ0v) is 13.2. The van der Waals surface area contributed by atoms with Crippen molar-refractivity contribution in [3.8, 4) is 5.75 Å². The molecular formula is C16H26N2O3. The van der Waals surface area contributed by atoms with Crippen LogP contribution in [0.15, 0.2) is 12.1 Å². The summed E-state index contributed by atoms with van der Waals surface area (Å²) < 4.78 is 16.2. The quantitative estimate of drug-likeness (QED) is 0.782. The monoisotopic (exact) mass is 294 g/mol. The lowest BCUT2D eigenvalue weighted by atomic mass is 10.1. The molecule has 118 valence electrons. The van der Waals surface area contributed by atoms with Gasteiger partial charge in [0.2, 0.25) is 0 Å². The van der Waals surface area contributed by atoms with Gasteiger partial charge in [0.05, 0.1) is 13.2 Å². The van der Waals surface area contributed by atoms with Crippen LogP contribution in [-0.4, -0.2) is 38.5 Å². The highest BCUT2D eigenvalue weighted by Gasteiger charge is 2.18. The van der Waals surface area contributed by atoms with Gasteiger partial charge in [0.25, 0.3) is 0 Å². The van der Waals surface area contributed by atoms with E-state index in [4.69, 9.17) is 19.9 Å². The van der Waals surface area contributed by atoms with E-state index < -0.39 is 0 Å². The van der Waals surface area contributed by atoms with Crippen molar-refractivity contribution in [2.45, 2.75) is 27.0 Å². The third-order valence-electron chi connectivity index (χ3n) is 3.44. The van der Waals surface area contributed by atoms with Crippen LogP contribution in [0.4, 0.5) is 5.69 Å². The van der Waals surface area contributed by atoms with Crippen LogP contribution in [0.2, 0.25) is 0 Å². The normalized spacial score (nSPS) is 14.3. The summed E-state index contributed by atoms with van der Waals surface area (Å²) in [7, 11) is 1.73. The highest BCUT2D eigenvalue weighted by Crippen LogP contribution is 2.31. The van der Waals surface area contributed by atoms with Gasteiger partial charge in [-0.05, 0) is 18.1 Å². The zero-order chi connectivity index (χ0) is 15.2. The highest BCUT2D eigenvalue weighted by molar-refractivity contribution is 5.53. The minimum Gasteiger partial charge on any atom is -0.467 e. The van der Waals surface area contributed by atoms with Crippen molar-refractivity contribution < 1.29 is 14.2 Å². The van der Waals surface area contributed by atoms with Gasteiger partial charge in [-0.1, -0.05) is 13.8 Å². The molecule has 0 bridgehead atoms. The number of anilines is 1. The van der Waals surface area contributed by atoms with Gasteiger partial charge in [0.15, 0.2) is 6.79 Å². The second-order valence-electron chi connectivity index (χ2n) is 5.90. The number of ether oxygens (including phenoxy) is 3. The average molecular weight is 294 g/mol. The summed E-state index contributed by atoms with van der Waals surface area (Å²) in [4.78, 5) is 2.38. The van der Waals surface area contributed by atoms with Crippen molar-refractivity contribution in [2.24, 2.45) is 5.92 Å². The molecule has 5 nitrogen and oxygen atoms in total. The molecule has 0 unspecified atom stereocenters. The number of nitrogens with two attached hydrogens (primary N) is 1. The number of methoxy groups -OCH3 is 1. The lowest BCUT2D eigenvalue weighted by Gasteiger charge is -2.27. The molecule has 1 heterocycles. The van der Waals surface area contributed by atoms with E-state index >= 15 is 0 Å². The van der Waals surface area contributed by atoms with E-state index in [2.05, 4.69) is 18.7 Å². The van der Waals surface area contributed by atoms with Gasteiger partial charge in [-0.2, -0.15) is 0 Å². The zero-order valence-electron chi connectivity index (χ0n) is 13.2. The van der Waals surface area contributed by atoms with Gasteiger partial charge in [0, 0.05) is 43.6 Å². The standard InChI is InChI=1S/C16H26N2O3/c1-12(2)8-18(4-5-19-3)9-13-6-15(17)7-14-10-20-11-21-16(13)14/h6-7,12H,4-5,8-11,17H2,1-3H3. The fourth-order valence-electron chi connectivity index (χ4n) is 2.66. The Labute approximate surface area is 127 Å². The summed E-state index contributed by atoms with van der Waals surface area (Å²) in [5.41, 5.74) is 8.93. The first-order chi connectivity index (χ1) is 10.1. The Morgan fingerprint density at radius 3 is 2.90 bits per heavy atom. The molecule has 0 amide bonds. The summed E-state index contributed by atoms with van der Waals surface area (Å²) in [6.45, 7) is 8.77. The van der Waals surface area contributed by atoms with Crippen molar-refractivity contribution in [1.82, 2.24) is 4.90 Å². The van der Waals surface area contributed by atoms with E-state index in [0.29, 0.717) is 19.3 Å². The molecule has 0 saturated carbocycles. The number of fused-ring (bicyclic) bond motifs is 1. The van der Waals surface area contributed by atoms with Crippen LogP contribution in [0.1, 0.15) is 25.0 Å². The van der Waals surface area contributed by atoms with Gasteiger partial charge in [-0.3, -0.25) is 4.90 Å². The van der Waals surface area contributed by atoms with E-state index in [1.165, 1.54) is 0 Å². The molecule has 0 saturated heterocycles. The molecule has 1 aliphatic rings. The maximum atomic E-state index is 6.01. The van der Waals surface area contributed by atoms with Crippen LogP contribution in [0.3, 0.4) is 0 Å². The molecule has 5 heteroatoms. The van der Waals surface area contributed by atoms with E-state index in [9.17, 15) is 0 Å². The van der Waals surface area contributed by atoms with Crippen LogP contribution >= 0.6 is 0 Å². The van der Waals surface area contributed by atoms with Crippen LogP contribution in [0.5, 0.6) is 5.75 Å². The molecule has 0 aliphatic carbocycles. The maximum absolute atomic E-state index is 6.01. The molecule has 2 N–H and O–H groups in total. The van der Waals surface area contributed by atoms with Crippen molar-refractivity contribution in [3.63, 3.8) is 0 Å². The third-order valence-corrected chi connectivity index (χ3v) is 3.44. The van der Waals surface area contributed by atoms with Gasteiger partial charge in [0.1, 0.15) is 5.75 Å². The number of benzene rings is 1. The largest absolute Gasteiger partial charge is 0.467 e. The highest BCUT2D eigenvalue weighted by atomic mass is 16.7. The summed E-state index contributed by atoms with van der Waals surface area (Å²) in [6.07, 6.45) is 0. The summed E-state index contributed by atoms with van der Waals surface area (Å²) in [5.74, 6) is 1.53. The van der Waals surface area contributed by atoms with E-state index in [1.54, 1.807) is 7.11 Å². The summed E-state index contributed by atoms with van der Waals surface area (Å²) in [6, 6.07) is 3.93. The van der Waals surface area contributed by atoms with Crippen molar-refractivity contribution in [2.75, 3.05) is 39.3 Å². The minimum atomic E-state index is 0.312. The molecule has 0 aromatic heterocycles. The molecule has 0 atom stereocenters. The SMILES string of the molecule is COCCN(Cc1cc(N)cc2c1OCOC2)CC(C)C. The van der Waals surface area contributed by atoms with Crippen LogP contribution in [0, 0.1) is 5.92 Å². The molecule has 2 rings (SSSR count). The van der Waals surface area contributed by atoms with Gasteiger partial charge in [-0.25, -0.2) is 0 Å². The Balaban J connectivity index is 2.16. The predicted molar refractivity (Wildman–Crippen MR) is 83.1 cm³/mol. The Hall–Kier alpha value is -1.30. The molecule has 1 aliphatic heterocycles. The number of hydrogen-bond donors (Lipinski definition) is 1. The average Bonchev–Trinajstić information content (AvgIpc) is 2.44. The molecule has 1 aromatic carbocycles. The Bertz CT molecular complexity index is 463. The van der Waals surface area contributed by atoms with E-state index in [-0.39, 0.29) is 0 Å². The topological polar surface area (TPSA) is 57.0 Å². The smallest absolute Gasteiger partial charge is 0.189 e. The van der Waals surface area contributed by atoms with E-state index in [0.717, 1.165) is 48.8 Å². The molecule has 1 aromatic rings. The number of hydrogen-bond acceptors (Lipinski definition) is 5.